The highest BCUT2D eigenvalue weighted by molar-refractivity contribution is 4.70. The lowest BCUT2D eigenvalue weighted by Crippen LogP contribution is -2.20. The molecule has 0 aromatic rings. The predicted octanol–water partition coefficient (Wildman–Crippen LogP) is 13.5. The van der Waals surface area contributed by atoms with E-state index in [2.05, 4.69) is 20.8 Å². The summed E-state index contributed by atoms with van der Waals surface area (Å²) in [5, 5.41) is 11.1. The van der Waals surface area contributed by atoms with Crippen molar-refractivity contribution in [3.63, 3.8) is 0 Å². The van der Waals surface area contributed by atoms with Crippen molar-refractivity contribution in [2.24, 2.45) is 5.92 Å². The third-order valence-electron chi connectivity index (χ3n) is 9.00. The van der Waals surface area contributed by atoms with E-state index in [1.54, 1.807) is 0 Å². The lowest BCUT2D eigenvalue weighted by Gasteiger charge is -2.23. The van der Waals surface area contributed by atoms with Crippen LogP contribution in [0.1, 0.15) is 226 Å². The highest BCUT2D eigenvalue weighted by Crippen LogP contribution is 2.25. The molecule has 0 bridgehead atoms. The summed E-state index contributed by atoms with van der Waals surface area (Å²) in [6, 6.07) is 0. The van der Waals surface area contributed by atoms with Crippen LogP contribution >= 0.6 is 0 Å². The molecule has 0 saturated carbocycles. The van der Waals surface area contributed by atoms with Crippen molar-refractivity contribution in [3.8, 4) is 0 Å². The summed E-state index contributed by atoms with van der Waals surface area (Å²) in [6.45, 7) is 6.90. The number of aliphatic hydroxyl groups is 1. The number of hydrogen-bond donors (Lipinski definition) is 1. The van der Waals surface area contributed by atoms with E-state index in [4.69, 9.17) is 0 Å². The van der Waals surface area contributed by atoms with Gasteiger partial charge in [0.2, 0.25) is 0 Å². The minimum Gasteiger partial charge on any atom is -0.393 e. The molecule has 0 aliphatic heterocycles. The Bertz CT molecular complexity index is 406. The van der Waals surface area contributed by atoms with E-state index < -0.39 is 0 Å². The molecule has 0 heterocycles. The maximum atomic E-state index is 11.1. The lowest BCUT2D eigenvalue weighted by molar-refractivity contribution is 0.0829. The third kappa shape index (κ3) is 29.0. The van der Waals surface area contributed by atoms with Gasteiger partial charge in [-0.2, -0.15) is 0 Å². The van der Waals surface area contributed by atoms with Crippen LogP contribution in [-0.4, -0.2) is 11.2 Å². The Morgan fingerprint density at radius 1 is 0.289 bits per heavy atom. The summed E-state index contributed by atoms with van der Waals surface area (Å²) in [7, 11) is 0. The Morgan fingerprint density at radius 2 is 0.500 bits per heavy atom. The number of unbranched alkanes of at least 4 members (excludes halogenated alkanes) is 26. The van der Waals surface area contributed by atoms with Crippen molar-refractivity contribution in [3.05, 3.63) is 0 Å². The van der Waals surface area contributed by atoms with Gasteiger partial charge in [-0.05, 0) is 25.2 Å². The molecule has 0 spiro atoms. The normalized spacial score (nSPS) is 13.3. The van der Waals surface area contributed by atoms with E-state index in [0.29, 0.717) is 5.92 Å². The molecular weight excluding hydrogens is 460 g/mol. The molecule has 0 saturated heterocycles. The molecular formula is C37H76O. The zero-order chi connectivity index (χ0) is 27.8. The second-order valence-corrected chi connectivity index (χ2v) is 12.9. The Balaban J connectivity index is 4.01. The summed E-state index contributed by atoms with van der Waals surface area (Å²) in [6.07, 6.45) is 44.1. The van der Waals surface area contributed by atoms with Gasteiger partial charge in [0.25, 0.3) is 0 Å². The second kappa shape index (κ2) is 33.2. The first-order valence-electron chi connectivity index (χ1n) is 18.4. The van der Waals surface area contributed by atoms with E-state index in [1.807, 2.05) is 0 Å². The van der Waals surface area contributed by atoms with Crippen molar-refractivity contribution in [2.45, 2.75) is 232 Å². The monoisotopic (exact) mass is 537 g/mol. The minimum atomic E-state index is -0.0447. The van der Waals surface area contributed by atoms with Crippen molar-refractivity contribution < 1.29 is 5.11 Å². The van der Waals surface area contributed by atoms with Gasteiger partial charge in [-0.15, -0.1) is 0 Å². The zero-order valence-corrected chi connectivity index (χ0v) is 27.2. The van der Waals surface area contributed by atoms with Crippen LogP contribution in [0.15, 0.2) is 0 Å². The van der Waals surface area contributed by atoms with Gasteiger partial charge in [0.15, 0.2) is 0 Å². The first-order chi connectivity index (χ1) is 18.8. The van der Waals surface area contributed by atoms with Crippen LogP contribution in [0.25, 0.3) is 0 Å². The maximum absolute atomic E-state index is 11.1. The molecule has 1 N–H and O–H groups in total. The average Bonchev–Trinajstić information content (AvgIpc) is 2.92. The summed E-state index contributed by atoms with van der Waals surface area (Å²) < 4.78 is 0. The van der Waals surface area contributed by atoms with Gasteiger partial charge in [-0.1, -0.05) is 207 Å². The molecule has 0 amide bonds. The third-order valence-corrected chi connectivity index (χ3v) is 9.00. The Kier molecular flexibility index (Phi) is 33.1. The van der Waals surface area contributed by atoms with Crippen LogP contribution < -0.4 is 0 Å². The molecule has 0 radical (unpaired) electrons. The quantitative estimate of drug-likeness (QED) is 0.0827. The van der Waals surface area contributed by atoms with Gasteiger partial charge in [0.1, 0.15) is 0 Å². The van der Waals surface area contributed by atoms with Gasteiger partial charge >= 0.3 is 0 Å². The molecule has 0 rings (SSSR count). The van der Waals surface area contributed by atoms with Gasteiger partial charge in [0, 0.05) is 0 Å². The molecule has 2 atom stereocenters. The minimum absolute atomic E-state index is 0.0447. The fourth-order valence-electron chi connectivity index (χ4n) is 6.22. The smallest absolute Gasteiger partial charge is 0.0568 e. The molecule has 0 aliphatic carbocycles. The molecule has 38 heavy (non-hydrogen) atoms. The van der Waals surface area contributed by atoms with Gasteiger partial charge in [-0.3, -0.25) is 0 Å². The van der Waals surface area contributed by atoms with Crippen LogP contribution in [-0.2, 0) is 0 Å². The fraction of sp³-hybridized carbons (Fsp3) is 1.00. The molecule has 0 aromatic heterocycles. The summed E-state index contributed by atoms with van der Waals surface area (Å²) >= 11 is 0. The Labute approximate surface area is 243 Å². The molecule has 0 fully saturated rings. The van der Waals surface area contributed by atoms with E-state index in [9.17, 15) is 5.11 Å². The summed E-state index contributed by atoms with van der Waals surface area (Å²) in [5.74, 6) is 0.562. The predicted molar refractivity (Wildman–Crippen MR) is 174 cm³/mol. The van der Waals surface area contributed by atoms with E-state index in [0.717, 1.165) is 6.42 Å². The molecule has 230 valence electrons. The standard InChI is InChI=1S/C37H76O/c1-4-7-10-13-16-19-21-23-26-29-32-35-37(38)36(33-30-27-24-18-15-12-9-6-3)34-31-28-25-22-20-17-14-11-8-5-2/h36-38H,4-35H2,1-3H3. The number of rotatable bonds is 33. The molecule has 0 aromatic carbocycles. The second-order valence-electron chi connectivity index (χ2n) is 12.9. The summed E-state index contributed by atoms with van der Waals surface area (Å²) in [5.41, 5.74) is 0. The Hall–Kier alpha value is -0.0400. The van der Waals surface area contributed by atoms with Crippen molar-refractivity contribution in [2.75, 3.05) is 0 Å². The molecule has 2 unspecified atom stereocenters. The van der Waals surface area contributed by atoms with E-state index >= 15 is 0 Å². The molecule has 0 aliphatic rings. The highest BCUT2D eigenvalue weighted by atomic mass is 16.3. The average molecular weight is 537 g/mol. The van der Waals surface area contributed by atoms with E-state index in [-0.39, 0.29) is 6.10 Å². The Morgan fingerprint density at radius 3 is 0.763 bits per heavy atom. The van der Waals surface area contributed by atoms with Crippen LogP contribution in [0.2, 0.25) is 0 Å². The van der Waals surface area contributed by atoms with Gasteiger partial charge < -0.3 is 5.11 Å². The first-order valence-corrected chi connectivity index (χ1v) is 18.4. The SMILES string of the molecule is CCCCCCCCCCCCCC(O)C(CCCCCCCCCC)CCCCCCCCCCCC. The maximum Gasteiger partial charge on any atom is 0.0568 e. The largest absolute Gasteiger partial charge is 0.393 e. The van der Waals surface area contributed by atoms with Gasteiger partial charge in [-0.25, -0.2) is 0 Å². The lowest BCUT2D eigenvalue weighted by atomic mass is 9.87. The molecule has 1 nitrogen and oxygen atoms in total. The van der Waals surface area contributed by atoms with E-state index in [1.165, 1.54) is 199 Å². The van der Waals surface area contributed by atoms with Crippen molar-refractivity contribution in [1.29, 1.82) is 0 Å². The zero-order valence-electron chi connectivity index (χ0n) is 27.2. The topological polar surface area (TPSA) is 20.2 Å². The number of hydrogen-bond acceptors (Lipinski definition) is 1. The summed E-state index contributed by atoms with van der Waals surface area (Å²) in [4.78, 5) is 0. The molecule has 1 heteroatoms. The van der Waals surface area contributed by atoms with Gasteiger partial charge in [0.05, 0.1) is 6.10 Å². The van der Waals surface area contributed by atoms with Crippen LogP contribution in [0, 0.1) is 5.92 Å². The van der Waals surface area contributed by atoms with Crippen LogP contribution in [0.5, 0.6) is 0 Å². The van der Waals surface area contributed by atoms with Crippen LogP contribution in [0.3, 0.4) is 0 Å². The van der Waals surface area contributed by atoms with Crippen molar-refractivity contribution >= 4 is 0 Å². The van der Waals surface area contributed by atoms with Crippen LogP contribution in [0.4, 0.5) is 0 Å². The van der Waals surface area contributed by atoms with Crippen molar-refractivity contribution in [1.82, 2.24) is 0 Å². The first kappa shape index (κ1) is 38.0. The highest BCUT2D eigenvalue weighted by Gasteiger charge is 2.18. The number of aliphatic hydroxyl groups excluding tert-OH is 1. The fourth-order valence-corrected chi connectivity index (χ4v) is 6.22.